The summed E-state index contributed by atoms with van der Waals surface area (Å²) in [6.45, 7) is 0.424. The van der Waals surface area contributed by atoms with E-state index in [1.807, 2.05) is 18.2 Å². The number of aromatic nitrogens is 2. The minimum Gasteiger partial charge on any atom is -0.481 e. The molecule has 0 fully saturated rings. The molecule has 0 unspecified atom stereocenters. The molecule has 0 bridgehead atoms. The predicted molar refractivity (Wildman–Crippen MR) is 75.9 cm³/mol. The fourth-order valence-electron chi connectivity index (χ4n) is 1.53. The third-order valence-electron chi connectivity index (χ3n) is 2.59. The van der Waals surface area contributed by atoms with E-state index in [0.717, 1.165) is 11.1 Å². The molecule has 2 heterocycles. The van der Waals surface area contributed by atoms with E-state index in [2.05, 4.69) is 15.3 Å². The summed E-state index contributed by atoms with van der Waals surface area (Å²) in [5.74, 6) is 0.390. The van der Waals surface area contributed by atoms with Gasteiger partial charge in [0.05, 0.1) is 7.11 Å². The van der Waals surface area contributed by atoms with Gasteiger partial charge in [0.1, 0.15) is 0 Å². The number of nitrogens with zero attached hydrogens (tertiary/aromatic N) is 2. The fourth-order valence-corrected chi connectivity index (χ4v) is 1.53. The van der Waals surface area contributed by atoms with Crippen molar-refractivity contribution >= 4 is 12.0 Å². The normalized spacial score (nSPS) is 10.4. The van der Waals surface area contributed by atoms with Crippen LogP contribution in [0.3, 0.4) is 0 Å². The Labute approximate surface area is 117 Å². The summed E-state index contributed by atoms with van der Waals surface area (Å²) >= 11 is 0. The van der Waals surface area contributed by atoms with Gasteiger partial charge in [0.2, 0.25) is 11.8 Å². The molecule has 1 amide bonds. The van der Waals surface area contributed by atoms with Crippen LogP contribution in [-0.4, -0.2) is 23.0 Å². The number of carbonyl (C=O) groups is 1. The highest BCUT2D eigenvalue weighted by Gasteiger charge is 1.98. The van der Waals surface area contributed by atoms with Gasteiger partial charge >= 0.3 is 0 Å². The molecule has 1 N–H and O–H groups in total. The maximum Gasteiger partial charge on any atom is 0.244 e. The summed E-state index contributed by atoms with van der Waals surface area (Å²) in [4.78, 5) is 19.7. The largest absolute Gasteiger partial charge is 0.481 e. The Bertz CT molecular complexity index is 580. The Morgan fingerprint density at radius 2 is 2.25 bits per heavy atom. The molecular weight excluding hydrogens is 254 g/mol. The lowest BCUT2D eigenvalue weighted by molar-refractivity contribution is -0.116. The Kier molecular flexibility index (Phi) is 4.83. The molecule has 0 aromatic carbocycles. The summed E-state index contributed by atoms with van der Waals surface area (Å²) in [7, 11) is 1.56. The van der Waals surface area contributed by atoms with Crippen LogP contribution in [-0.2, 0) is 11.3 Å². The van der Waals surface area contributed by atoms with E-state index in [1.54, 1.807) is 37.8 Å². The maximum atomic E-state index is 11.6. The van der Waals surface area contributed by atoms with Gasteiger partial charge in [-0.15, -0.1) is 0 Å². The van der Waals surface area contributed by atoms with Gasteiger partial charge < -0.3 is 10.1 Å². The van der Waals surface area contributed by atoms with Gasteiger partial charge in [0.15, 0.2) is 0 Å². The summed E-state index contributed by atoms with van der Waals surface area (Å²) < 4.78 is 4.97. The molecule has 20 heavy (non-hydrogen) atoms. The molecular formula is C15H15N3O2. The van der Waals surface area contributed by atoms with E-state index in [0.29, 0.717) is 12.4 Å². The molecule has 2 aromatic heterocycles. The van der Waals surface area contributed by atoms with Crippen LogP contribution in [0, 0.1) is 0 Å². The highest BCUT2D eigenvalue weighted by Crippen LogP contribution is 2.06. The SMILES string of the molecule is COc1ccc(CNC(=O)/C=C/c2cccnc2)cn1. The van der Waals surface area contributed by atoms with Crippen molar-refractivity contribution in [3.63, 3.8) is 0 Å². The van der Waals surface area contributed by atoms with E-state index in [9.17, 15) is 4.79 Å². The van der Waals surface area contributed by atoms with Gasteiger partial charge in [0, 0.05) is 37.3 Å². The first-order valence-electron chi connectivity index (χ1n) is 6.13. The molecule has 0 aliphatic heterocycles. The number of hydrogen-bond acceptors (Lipinski definition) is 4. The molecule has 102 valence electrons. The second-order valence-electron chi connectivity index (χ2n) is 4.05. The van der Waals surface area contributed by atoms with Gasteiger partial charge in [-0.2, -0.15) is 0 Å². The van der Waals surface area contributed by atoms with Gasteiger partial charge in [-0.05, 0) is 23.3 Å². The fraction of sp³-hybridized carbons (Fsp3) is 0.133. The van der Waals surface area contributed by atoms with Gasteiger partial charge in [-0.25, -0.2) is 4.98 Å². The highest BCUT2D eigenvalue weighted by molar-refractivity contribution is 5.91. The Hall–Kier alpha value is -2.69. The number of rotatable bonds is 5. The van der Waals surface area contributed by atoms with E-state index < -0.39 is 0 Å². The standard InChI is InChI=1S/C15H15N3O2/c1-20-15-7-5-13(11-18-15)10-17-14(19)6-4-12-3-2-8-16-9-12/h2-9,11H,10H2,1H3,(H,17,19)/b6-4+. The molecule has 2 aromatic rings. The first-order chi connectivity index (χ1) is 9.78. The van der Waals surface area contributed by atoms with Crippen molar-refractivity contribution in [3.05, 3.63) is 60.1 Å². The molecule has 0 saturated heterocycles. The third-order valence-corrected chi connectivity index (χ3v) is 2.59. The average Bonchev–Trinajstić information content (AvgIpc) is 2.52. The molecule has 0 aliphatic carbocycles. The minimum absolute atomic E-state index is 0.162. The summed E-state index contributed by atoms with van der Waals surface area (Å²) in [5.41, 5.74) is 1.79. The van der Waals surface area contributed by atoms with Crippen molar-refractivity contribution in [2.45, 2.75) is 6.54 Å². The van der Waals surface area contributed by atoms with Crippen molar-refractivity contribution in [2.75, 3.05) is 7.11 Å². The highest BCUT2D eigenvalue weighted by atomic mass is 16.5. The van der Waals surface area contributed by atoms with Gasteiger partial charge in [-0.3, -0.25) is 9.78 Å². The van der Waals surface area contributed by atoms with Crippen LogP contribution in [0.2, 0.25) is 0 Å². The van der Waals surface area contributed by atoms with E-state index in [4.69, 9.17) is 4.74 Å². The van der Waals surface area contributed by atoms with Crippen molar-refractivity contribution in [1.29, 1.82) is 0 Å². The first-order valence-corrected chi connectivity index (χ1v) is 6.13. The molecule has 2 rings (SSSR count). The molecule has 0 spiro atoms. The van der Waals surface area contributed by atoms with Crippen LogP contribution in [0.5, 0.6) is 5.88 Å². The predicted octanol–water partition coefficient (Wildman–Crippen LogP) is 1.81. The topological polar surface area (TPSA) is 64.1 Å². The van der Waals surface area contributed by atoms with E-state index >= 15 is 0 Å². The number of methoxy groups -OCH3 is 1. The van der Waals surface area contributed by atoms with Crippen molar-refractivity contribution in [3.8, 4) is 5.88 Å². The molecule has 0 atom stereocenters. The summed E-state index contributed by atoms with van der Waals surface area (Å²) in [5, 5.41) is 2.78. The number of amides is 1. The number of ether oxygens (including phenoxy) is 1. The molecule has 5 nitrogen and oxygen atoms in total. The quantitative estimate of drug-likeness (QED) is 0.841. The number of hydrogen-bond donors (Lipinski definition) is 1. The zero-order valence-electron chi connectivity index (χ0n) is 11.1. The number of carbonyl (C=O) groups excluding carboxylic acids is 1. The monoisotopic (exact) mass is 269 g/mol. The van der Waals surface area contributed by atoms with Crippen LogP contribution < -0.4 is 10.1 Å². The van der Waals surface area contributed by atoms with Crippen LogP contribution >= 0.6 is 0 Å². The zero-order valence-corrected chi connectivity index (χ0v) is 11.1. The van der Waals surface area contributed by atoms with Crippen LogP contribution in [0.25, 0.3) is 6.08 Å². The van der Waals surface area contributed by atoms with E-state index in [1.165, 1.54) is 6.08 Å². The average molecular weight is 269 g/mol. The van der Waals surface area contributed by atoms with Crippen molar-refractivity contribution < 1.29 is 9.53 Å². The molecule has 0 saturated carbocycles. The van der Waals surface area contributed by atoms with Crippen molar-refractivity contribution in [1.82, 2.24) is 15.3 Å². The first kappa shape index (κ1) is 13.7. The number of pyridine rings is 2. The second-order valence-corrected chi connectivity index (χ2v) is 4.05. The second kappa shape index (κ2) is 7.04. The Morgan fingerprint density at radius 1 is 1.35 bits per heavy atom. The van der Waals surface area contributed by atoms with Crippen LogP contribution in [0.15, 0.2) is 48.9 Å². The lowest BCUT2D eigenvalue weighted by Crippen LogP contribution is -2.20. The van der Waals surface area contributed by atoms with Crippen LogP contribution in [0.1, 0.15) is 11.1 Å². The number of nitrogens with one attached hydrogen (secondary N) is 1. The maximum absolute atomic E-state index is 11.6. The third kappa shape index (κ3) is 4.20. The van der Waals surface area contributed by atoms with Gasteiger partial charge in [-0.1, -0.05) is 12.1 Å². The summed E-state index contributed by atoms with van der Waals surface area (Å²) in [6.07, 6.45) is 8.25. The summed E-state index contributed by atoms with van der Waals surface area (Å²) in [6, 6.07) is 7.31. The minimum atomic E-state index is -0.162. The van der Waals surface area contributed by atoms with Crippen LogP contribution in [0.4, 0.5) is 0 Å². The van der Waals surface area contributed by atoms with Gasteiger partial charge in [0.25, 0.3) is 0 Å². The molecule has 0 aliphatic rings. The van der Waals surface area contributed by atoms with Crippen molar-refractivity contribution in [2.24, 2.45) is 0 Å². The smallest absolute Gasteiger partial charge is 0.244 e. The Balaban J connectivity index is 1.84. The Morgan fingerprint density at radius 3 is 2.90 bits per heavy atom. The van der Waals surface area contributed by atoms with E-state index in [-0.39, 0.29) is 5.91 Å². The zero-order chi connectivity index (χ0) is 14.2. The molecule has 5 heteroatoms. The lowest BCUT2D eigenvalue weighted by atomic mass is 10.2. The molecule has 0 radical (unpaired) electrons. The lowest BCUT2D eigenvalue weighted by Gasteiger charge is -2.03.